The number of benzene rings is 2. The Morgan fingerprint density at radius 3 is 2.26 bits per heavy atom. The van der Waals surface area contributed by atoms with E-state index < -0.39 is 11.8 Å². The van der Waals surface area contributed by atoms with Crippen LogP contribution in [0.2, 0.25) is 5.02 Å². The number of nitrogens with two attached hydrogens (primary N) is 2. The van der Waals surface area contributed by atoms with Crippen LogP contribution < -0.4 is 16.8 Å². The van der Waals surface area contributed by atoms with Crippen LogP contribution in [0.15, 0.2) is 91.3 Å². The highest BCUT2D eigenvalue weighted by molar-refractivity contribution is 6.33. The number of hydrogen-bond donors (Lipinski definition) is 3. The van der Waals surface area contributed by atoms with Gasteiger partial charge in [-0.25, -0.2) is 4.98 Å². The quantitative estimate of drug-likeness (QED) is 0.281. The molecule has 0 saturated carbocycles. The van der Waals surface area contributed by atoms with Crippen molar-refractivity contribution >= 4 is 40.0 Å². The van der Waals surface area contributed by atoms with Gasteiger partial charge in [-0.1, -0.05) is 54.1 Å². The van der Waals surface area contributed by atoms with E-state index in [4.69, 9.17) is 28.1 Å². The zero-order chi connectivity index (χ0) is 27.1. The van der Waals surface area contributed by atoms with Crippen LogP contribution in [0, 0.1) is 6.92 Å². The number of nitrogens with one attached hydrogen (secondary N) is 1. The Bertz CT molecular complexity index is 1610. The van der Waals surface area contributed by atoms with Crippen LogP contribution in [0.4, 0.5) is 5.69 Å². The molecule has 8 nitrogen and oxygen atoms in total. The van der Waals surface area contributed by atoms with Crippen molar-refractivity contribution in [2.75, 3.05) is 5.32 Å². The van der Waals surface area contributed by atoms with Gasteiger partial charge in [0, 0.05) is 40.6 Å². The first-order valence-corrected chi connectivity index (χ1v) is 12.1. The van der Waals surface area contributed by atoms with Crippen molar-refractivity contribution < 1.29 is 9.59 Å². The summed E-state index contributed by atoms with van der Waals surface area (Å²) in [5, 5.41) is 5.04. The van der Waals surface area contributed by atoms with E-state index in [0.717, 1.165) is 39.0 Å². The molecule has 0 atom stereocenters. The van der Waals surface area contributed by atoms with E-state index in [-0.39, 0.29) is 5.69 Å². The van der Waals surface area contributed by atoms with Crippen molar-refractivity contribution in [2.24, 2.45) is 11.5 Å². The normalized spacial score (nSPS) is 10.4. The zero-order valence-corrected chi connectivity index (χ0v) is 21.3. The molecule has 5 aromatic rings. The van der Waals surface area contributed by atoms with Crippen molar-refractivity contribution in [3.63, 3.8) is 0 Å². The third kappa shape index (κ3) is 6.29. The standard InChI is InChI=1S/C23H19ClN4O.C6H6N2O/c1-14-5-4-6-15-11-16(13-27-17-9-10-26-20(12-17)23(25)29)22(28-21(14)15)18-7-2-3-8-19(18)24;7-6(9)5-3-1-2-4-8-5/h2-12H,13H2,1H3,(H2,25,29)(H,26,27);1-4H,(H2,7,9). The summed E-state index contributed by atoms with van der Waals surface area (Å²) in [6.45, 7) is 2.55. The van der Waals surface area contributed by atoms with E-state index in [1.54, 1.807) is 36.5 Å². The van der Waals surface area contributed by atoms with Crippen LogP contribution in [0.25, 0.3) is 22.2 Å². The molecule has 0 spiro atoms. The van der Waals surface area contributed by atoms with Crippen LogP contribution in [0.5, 0.6) is 0 Å². The Hall–Kier alpha value is -4.82. The average molecular weight is 525 g/mol. The molecule has 0 saturated heterocycles. The maximum atomic E-state index is 11.4. The number of para-hydroxylation sites is 1. The number of amides is 2. The summed E-state index contributed by atoms with van der Waals surface area (Å²) in [4.78, 5) is 34.4. The molecule has 38 heavy (non-hydrogen) atoms. The highest BCUT2D eigenvalue weighted by Gasteiger charge is 2.13. The lowest BCUT2D eigenvalue weighted by atomic mass is 10.0. The summed E-state index contributed by atoms with van der Waals surface area (Å²) in [6, 6.07) is 24.4. The van der Waals surface area contributed by atoms with E-state index in [2.05, 4.69) is 21.4 Å². The molecule has 2 amide bonds. The molecule has 0 aliphatic rings. The molecule has 3 heterocycles. The van der Waals surface area contributed by atoms with Crippen LogP contribution in [-0.2, 0) is 6.54 Å². The molecule has 0 fully saturated rings. The fourth-order valence-corrected chi connectivity index (χ4v) is 4.02. The predicted octanol–water partition coefficient (Wildman–Crippen LogP) is 5.15. The van der Waals surface area contributed by atoms with E-state index in [9.17, 15) is 9.59 Å². The number of primary amides is 2. The van der Waals surface area contributed by atoms with E-state index in [0.29, 0.717) is 17.3 Å². The number of carbonyl (C=O) groups excluding carboxylic acids is 2. The first kappa shape index (κ1) is 26.2. The highest BCUT2D eigenvalue weighted by atomic mass is 35.5. The molecule has 2 aromatic carbocycles. The van der Waals surface area contributed by atoms with Gasteiger partial charge in [-0.3, -0.25) is 19.6 Å². The number of rotatable bonds is 6. The van der Waals surface area contributed by atoms with E-state index >= 15 is 0 Å². The fourth-order valence-electron chi connectivity index (χ4n) is 3.79. The lowest BCUT2D eigenvalue weighted by molar-refractivity contribution is 0.0987. The van der Waals surface area contributed by atoms with Crippen molar-refractivity contribution in [1.29, 1.82) is 0 Å². The van der Waals surface area contributed by atoms with Crippen LogP contribution in [0.1, 0.15) is 32.1 Å². The number of aromatic nitrogens is 3. The highest BCUT2D eigenvalue weighted by Crippen LogP contribution is 2.32. The molecule has 0 aliphatic heterocycles. The third-order valence-corrected chi connectivity index (χ3v) is 6.00. The molecular formula is C29H25ClN6O2. The Balaban J connectivity index is 0.000000317. The number of aryl methyl sites for hydroxylation is 1. The lowest BCUT2D eigenvalue weighted by Crippen LogP contribution is -2.13. The molecule has 3 aromatic heterocycles. The maximum absolute atomic E-state index is 11.4. The van der Waals surface area contributed by atoms with Gasteiger partial charge < -0.3 is 16.8 Å². The van der Waals surface area contributed by atoms with Gasteiger partial charge >= 0.3 is 0 Å². The Kier molecular flexibility index (Phi) is 8.25. The molecule has 0 bridgehead atoms. The third-order valence-electron chi connectivity index (χ3n) is 5.67. The Morgan fingerprint density at radius 1 is 0.842 bits per heavy atom. The van der Waals surface area contributed by atoms with Crippen LogP contribution in [0.3, 0.4) is 0 Å². The summed E-state index contributed by atoms with van der Waals surface area (Å²) in [6.07, 6.45) is 3.08. The minimum absolute atomic E-state index is 0.216. The summed E-state index contributed by atoms with van der Waals surface area (Å²) < 4.78 is 0. The number of fused-ring (bicyclic) bond motifs is 1. The molecule has 0 aliphatic carbocycles. The van der Waals surface area contributed by atoms with Crippen molar-refractivity contribution in [3.05, 3.63) is 119 Å². The summed E-state index contributed by atoms with van der Waals surface area (Å²) >= 11 is 6.47. The maximum Gasteiger partial charge on any atom is 0.267 e. The zero-order valence-electron chi connectivity index (χ0n) is 20.6. The number of hydrogen-bond acceptors (Lipinski definition) is 6. The number of anilines is 1. The van der Waals surface area contributed by atoms with Gasteiger partial charge in [0.25, 0.3) is 11.8 Å². The molecule has 190 valence electrons. The van der Waals surface area contributed by atoms with Gasteiger partial charge in [-0.15, -0.1) is 0 Å². The van der Waals surface area contributed by atoms with Crippen LogP contribution in [-0.4, -0.2) is 26.8 Å². The lowest BCUT2D eigenvalue weighted by Gasteiger charge is -2.15. The van der Waals surface area contributed by atoms with Crippen LogP contribution >= 0.6 is 11.6 Å². The summed E-state index contributed by atoms with van der Waals surface area (Å²) in [5.74, 6) is -1.05. The van der Waals surface area contributed by atoms with Gasteiger partial charge in [0.05, 0.1) is 11.2 Å². The molecule has 0 unspecified atom stereocenters. The van der Waals surface area contributed by atoms with Gasteiger partial charge in [0.2, 0.25) is 0 Å². The largest absolute Gasteiger partial charge is 0.381 e. The minimum atomic E-state index is -0.562. The molecule has 5 rings (SSSR count). The van der Waals surface area contributed by atoms with E-state index in [1.807, 2.05) is 49.4 Å². The number of halogens is 1. The van der Waals surface area contributed by atoms with Crippen molar-refractivity contribution in [2.45, 2.75) is 13.5 Å². The Morgan fingerprint density at radius 2 is 1.58 bits per heavy atom. The van der Waals surface area contributed by atoms with Gasteiger partial charge in [0.1, 0.15) is 11.4 Å². The molecular weight excluding hydrogens is 500 g/mol. The average Bonchev–Trinajstić information content (AvgIpc) is 2.93. The molecule has 9 heteroatoms. The second-order valence-electron chi connectivity index (χ2n) is 8.35. The number of pyridine rings is 3. The summed E-state index contributed by atoms with van der Waals surface area (Å²) in [7, 11) is 0. The number of nitrogens with zero attached hydrogens (tertiary/aromatic N) is 3. The Labute approximate surface area is 224 Å². The van der Waals surface area contributed by atoms with Gasteiger partial charge in [-0.05, 0) is 54.4 Å². The van der Waals surface area contributed by atoms with Crippen molar-refractivity contribution in [3.8, 4) is 11.3 Å². The fraction of sp³-hybridized carbons (Fsp3) is 0.0690. The van der Waals surface area contributed by atoms with Gasteiger partial charge in [-0.2, -0.15) is 0 Å². The predicted molar refractivity (Wildman–Crippen MR) is 150 cm³/mol. The van der Waals surface area contributed by atoms with E-state index in [1.165, 1.54) is 6.20 Å². The first-order valence-electron chi connectivity index (χ1n) is 11.7. The van der Waals surface area contributed by atoms with Crippen molar-refractivity contribution in [1.82, 2.24) is 15.0 Å². The topological polar surface area (TPSA) is 137 Å². The monoisotopic (exact) mass is 524 g/mol. The second-order valence-corrected chi connectivity index (χ2v) is 8.76. The summed E-state index contributed by atoms with van der Waals surface area (Å²) in [5.41, 5.74) is 16.3. The number of carbonyl (C=O) groups is 2. The molecule has 5 N–H and O–H groups in total. The van der Waals surface area contributed by atoms with Gasteiger partial charge in [0.15, 0.2) is 0 Å². The first-order chi connectivity index (χ1) is 18.3. The SMILES string of the molecule is Cc1cccc2cc(CNc3ccnc(C(N)=O)c3)c(-c3ccccc3Cl)nc12.NC(=O)c1ccccn1. The minimum Gasteiger partial charge on any atom is -0.381 e. The molecule has 0 radical (unpaired) electrons. The smallest absolute Gasteiger partial charge is 0.267 e. The second kappa shape index (κ2) is 11.9.